The van der Waals surface area contributed by atoms with Crippen LogP contribution < -0.4 is 14.8 Å². The minimum absolute atomic E-state index is 0.453. The minimum Gasteiger partial charge on any atom is -0.497 e. The van der Waals surface area contributed by atoms with Crippen molar-refractivity contribution in [1.29, 1.82) is 0 Å². The summed E-state index contributed by atoms with van der Waals surface area (Å²) in [4.78, 5) is 8.78. The Morgan fingerprint density at radius 3 is 2.47 bits per heavy atom. The molecule has 2 aromatic heterocycles. The van der Waals surface area contributed by atoms with Crippen LogP contribution in [-0.4, -0.2) is 41.9 Å². The standard InChI is InChI=1S/C25H25N3O3S/c1-30-21-8-6-19(7-9-21)25-28-23(17-32-25)18-4-10-22(11-5-18)31-14-13-27-16-24(29)20-3-2-12-26-15-20/h2-12,15,17,24,27,29H,13-14,16H2,1H3/t24-/m0/s1. The van der Waals surface area contributed by atoms with Crippen LogP contribution in [0.4, 0.5) is 0 Å². The van der Waals surface area contributed by atoms with E-state index >= 15 is 0 Å². The van der Waals surface area contributed by atoms with Gasteiger partial charge in [-0.3, -0.25) is 4.98 Å². The quantitative estimate of drug-likeness (QED) is 0.347. The predicted octanol–water partition coefficient (Wildman–Crippen LogP) is 4.58. The van der Waals surface area contributed by atoms with Gasteiger partial charge in [0.05, 0.1) is 18.9 Å². The lowest BCUT2D eigenvalue weighted by Gasteiger charge is -2.12. The molecule has 32 heavy (non-hydrogen) atoms. The van der Waals surface area contributed by atoms with Crippen molar-refractivity contribution in [1.82, 2.24) is 15.3 Å². The number of aliphatic hydroxyl groups is 1. The summed E-state index contributed by atoms with van der Waals surface area (Å²) in [6.45, 7) is 1.60. The van der Waals surface area contributed by atoms with Gasteiger partial charge < -0.3 is 19.9 Å². The van der Waals surface area contributed by atoms with Crippen molar-refractivity contribution in [2.24, 2.45) is 0 Å². The lowest BCUT2D eigenvalue weighted by molar-refractivity contribution is 0.171. The summed E-state index contributed by atoms with van der Waals surface area (Å²) in [5.74, 6) is 1.63. The van der Waals surface area contributed by atoms with E-state index in [2.05, 4.69) is 15.7 Å². The number of nitrogens with one attached hydrogen (secondary N) is 1. The molecule has 2 heterocycles. The fraction of sp³-hybridized carbons (Fsp3) is 0.200. The molecule has 6 nitrogen and oxygen atoms in total. The topological polar surface area (TPSA) is 76.5 Å². The second kappa shape index (κ2) is 10.9. The number of aromatic nitrogens is 2. The Bertz CT molecular complexity index is 1100. The van der Waals surface area contributed by atoms with Crippen molar-refractivity contribution in [2.45, 2.75) is 6.10 Å². The smallest absolute Gasteiger partial charge is 0.124 e. The number of pyridine rings is 1. The van der Waals surface area contributed by atoms with E-state index in [1.54, 1.807) is 30.8 Å². The van der Waals surface area contributed by atoms with Gasteiger partial charge in [-0.05, 0) is 54.6 Å². The molecule has 0 fully saturated rings. The van der Waals surface area contributed by atoms with Crippen LogP contribution in [0.3, 0.4) is 0 Å². The number of nitrogens with zero attached hydrogens (tertiary/aromatic N) is 2. The van der Waals surface area contributed by atoms with Gasteiger partial charge in [-0.1, -0.05) is 6.07 Å². The maximum Gasteiger partial charge on any atom is 0.124 e. The first-order valence-corrected chi connectivity index (χ1v) is 11.2. The monoisotopic (exact) mass is 447 g/mol. The minimum atomic E-state index is -0.580. The van der Waals surface area contributed by atoms with Crippen LogP contribution in [-0.2, 0) is 0 Å². The molecule has 0 aliphatic rings. The summed E-state index contributed by atoms with van der Waals surface area (Å²) < 4.78 is 11.0. The largest absolute Gasteiger partial charge is 0.497 e. The van der Waals surface area contributed by atoms with E-state index in [4.69, 9.17) is 14.5 Å². The maximum atomic E-state index is 10.1. The highest BCUT2D eigenvalue weighted by Crippen LogP contribution is 2.30. The number of hydrogen-bond donors (Lipinski definition) is 2. The fourth-order valence-electron chi connectivity index (χ4n) is 3.17. The molecule has 0 spiro atoms. The van der Waals surface area contributed by atoms with Crippen LogP contribution in [0.15, 0.2) is 78.4 Å². The lowest BCUT2D eigenvalue weighted by Crippen LogP contribution is -2.26. The molecule has 2 aromatic carbocycles. The van der Waals surface area contributed by atoms with E-state index in [1.165, 1.54) is 0 Å². The normalized spacial score (nSPS) is 11.8. The second-order valence-electron chi connectivity index (χ2n) is 7.15. The van der Waals surface area contributed by atoms with Crippen molar-refractivity contribution < 1.29 is 14.6 Å². The Labute approximate surface area is 191 Å². The highest BCUT2D eigenvalue weighted by atomic mass is 32.1. The molecule has 0 saturated heterocycles. The molecule has 2 N–H and O–H groups in total. The summed E-state index contributed by atoms with van der Waals surface area (Å²) >= 11 is 1.62. The van der Waals surface area contributed by atoms with Gasteiger partial charge in [-0.25, -0.2) is 4.98 Å². The number of benzene rings is 2. The molecule has 164 valence electrons. The molecule has 7 heteroatoms. The Morgan fingerprint density at radius 1 is 1.00 bits per heavy atom. The van der Waals surface area contributed by atoms with Gasteiger partial charge in [0.25, 0.3) is 0 Å². The molecule has 4 rings (SSSR count). The van der Waals surface area contributed by atoms with Gasteiger partial charge in [0.2, 0.25) is 0 Å². The SMILES string of the molecule is COc1ccc(-c2nc(-c3ccc(OCCNC[C@H](O)c4cccnc4)cc3)cs2)cc1. The van der Waals surface area contributed by atoms with Crippen LogP contribution in [0, 0.1) is 0 Å². The molecule has 0 amide bonds. The zero-order valence-electron chi connectivity index (χ0n) is 17.8. The number of thiazole rings is 1. The Hall–Kier alpha value is -3.26. The zero-order chi connectivity index (χ0) is 22.2. The number of hydrogen-bond acceptors (Lipinski definition) is 7. The third kappa shape index (κ3) is 5.70. The van der Waals surface area contributed by atoms with Crippen LogP contribution in [0.5, 0.6) is 11.5 Å². The number of aliphatic hydroxyl groups excluding tert-OH is 1. The summed E-state index contributed by atoms with van der Waals surface area (Å²) in [6, 6.07) is 19.5. The van der Waals surface area contributed by atoms with Gasteiger partial charge in [-0.15, -0.1) is 11.3 Å². The van der Waals surface area contributed by atoms with Gasteiger partial charge >= 0.3 is 0 Å². The van der Waals surface area contributed by atoms with Gasteiger partial charge in [-0.2, -0.15) is 0 Å². The first-order chi connectivity index (χ1) is 15.7. The summed E-state index contributed by atoms with van der Waals surface area (Å²) in [6.07, 6.45) is 2.79. The number of rotatable bonds is 10. The highest BCUT2D eigenvalue weighted by molar-refractivity contribution is 7.13. The summed E-state index contributed by atoms with van der Waals surface area (Å²) in [5.41, 5.74) is 3.86. The van der Waals surface area contributed by atoms with Crippen molar-refractivity contribution in [3.63, 3.8) is 0 Å². The molecule has 0 saturated carbocycles. The van der Waals surface area contributed by atoms with E-state index in [0.717, 1.165) is 38.9 Å². The van der Waals surface area contributed by atoms with E-state index in [0.29, 0.717) is 19.7 Å². The Kier molecular flexibility index (Phi) is 7.45. The summed E-state index contributed by atoms with van der Waals surface area (Å²) in [5, 5.41) is 16.4. The van der Waals surface area contributed by atoms with E-state index in [1.807, 2.05) is 60.7 Å². The molecule has 4 aromatic rings. The van der Waals surface area contributed by atoms with Crippen molar-refractivity contribution >= 4 is 11.3 Å². The van der Waals surface area contributed by atoms with E-state index < -0.39 is 6.10 Å². The molecule has 0 aliphatic heterocycles. The fourth-order valence-corrected chi connectivity index (χ4v) is 4.00. The van der Waals surface area contributed by atoms with E-state index in [-0.39, 0.29) is 0 Å². The maximum absolute atomic E-state index is 10.1. The molecule has 0 aliphatic carbocycles. The van der Waals surface area contributed by atoms with Crippen LogP contribution in [0.25, 0.3) is 21.8 Å². The van der Waals surface area contributed by atoms with Gasteiger partial charge in [0, 0.05) is 47.6 Å². The van der Waals surface area contributed by atoms with Crippen molar-refractivity contribution in [3.8, 4) is 33.3 Å². The third-order valence-electron chi connectivity index (χ3n) is 4.95. The van der Waals surface area contributed by atoms with E-state index in [9.17, 15) is 5.11 Å². The van der Waals surface area contributed by atoms with Crippen molar-refractivity contribution in [3.05, 3.63) is 84.0 Å². The Morgan fingerprint density at radius 2 is 1.75 bits per heavy atom. The number of methoxy groups -OCH3 is 1. The molecule has 0 bridgehead atoms. The lowest BCUT2D eigenvalue weighted by atomic mass is 10.1. The first-order valence-electron chi connectivity index (χ1n) is 10.3. The zero-order valence-corrected chi connectivity index (χ0v) is 18.6. The second-order valence-corrected chi connectivity index (χ2v) is 8.00. The van der Waals surface area contributed by atoms with Crippen LogP contribution in [0.2, 0.25) is 0 Å². The van der Waals surface area contributed by atoms with Gasteiger partial charge in [0.15, 0.2) is 0 Å². The van der Waals surface area contributed by atoms with Crippen molar-refractivity contribution in [2.75, 3.05) is 26.8 Å². The summed E-state index contributed by atoms with van der Waals surface area (Å²) in [7, 11) is 1.66. The molecular formula is C25H25N3O3S. The molecule has 1 atom stereocenters. The molecule has 0 radical (unpaired) electrons. The first kappa shape index (κ1) is 22.0. The highest BCUT2D eigenvalue weighted by Gasteiger charge is 2.08. The van der Waals surface area contributed by atoms with Crippen LogP contribution in [0.1, 0.15) is 11.7 Å². The average molecular weight is 448 g/mol. The molecular weight excluding hydrogens is 422 g/mol. The Balaban J connectivity index is 1.25. The predicted molar refractivity (Wildman–Crippen MR) is 127 cm³/mol. The average Bonchev–Trinajstić information content (AvgIpc) is 3.35. The number of ether oxygens (including phenoxy) is 2. The molecule has 0 unspecified atom stereocenters. The van der Waals surface area contributed by atoms with Crippen LogP contribution >= 0.6 is 11.3 Å². The van der Waals surface area contributed by atoms with Gasteiger partial charge in [0.1, 0.15) is 23.1 Å². The third-order valence-corrected chi connectivity index (χ3v) is 5.84.